The summed E-state index contributed by atoms with van der Waals surface area (Å²) in [6.45, 7) is 4.55. The van der Waals surface area contributed by atoms with Crippen LogP contribution < -0.4 is 14.8 Å². The van der Waals surface area contributed by atoms with Crippen LogP contribution in [0, 0.1) is 5.41 Å². The summed E-state index contributed by atoms with van der Waals surface area (Å²) >= 11 is 12.0. The number of rotatable bonds is 9. The fourth-order valence-electron chi connectivity index (χ4n) is 3.68. The summed E-state index contributed by atoms with van der Waals surface area (Å²) in [7, 11) is 0. The van der Waals surface area contributed by atoms with Crippen molar-refractivity contribution in [2.75, 3.05) is 6.61 Å². The largest absolute Gasteiger partial charge is 0.494 e. The molecule has 0 unspecified atom stereocenters. The highest BCUT2D eigenvalue weighted by Crippen LogP contribution is 2.29. The number of hydrogen-bond acceptors (Lipinski definition) is 4. The van der Waals surface area contributed by atoms with Crippen LogP contribution in [0.5, 0.6) is 11.5 Å². The van der Waals surface area contributed by atoms with Gasteiger partial charge < -0.3 is 14.8 Å². The number of carbonyl (C=O) groups is 1. The number of hydrogen-bond donors (Lipinski definition) is 1. The van der Waals surface area contributed by atoms with Gasteiger partial charge in [-0.15, -0.1) is 0 Å². The molecule has 0 spiro atoms. The summed E-state index contributed by atoms with van der Waals surface area (Å²) < 4.78 is 11.7. The third-order valence-electron chi connectivity index (χ3n) is 5.68. The Kier molecular flexibility index (Phi) is 8.44. The lowest BCUT2D eigenvalue weighted by Crippen LogP contribution is -2.45. The van der Waals surface area contributed by atoms with Gasteiger partial charge >= 0.3 is 0 Å². The molecule has 0 atom stereocenters. The molecule has 7 heteroatoms. The van der Waals surface area contributed by atoms with Gasteiger partial charge in [0.2, 0.25) is 5.91 Å². The van der Waals surface area contributed by atoms with E-state index < -0.39 is 5.41 Å². The number of benzene rings is 1. The normalized spacial score (nSPS) is 19.0. The molecule has 3 rings (SSSR count). The van der Waals surface area contributed by atoms with E-state index in [1.165, 1.54) is 0 Å². The second-order valence-electron chi connectivity index (χ2n) is 8.66. The molecule has 0 radical (unpaired) electrons. The molecule has 1 aliphatic rings. The predicted octanol–water partition coefficient (Wildman–Crippen LogP) is 6.08. The molecular weight excluding hydrogens is 435 g/mol. The monoisotopic (exact) mass is 464 g/mol. The summed E-state index contributed by atoms with van der Waals surface area (Å²) in [5.41, 5.74) is -0.445. The molecule has 0 saturated heterocycles. The lowest BCUT2D eigenvalue weighted by atomic mass is 9.85. The first-order valence-electron chi connectivity index (χ1n) is 10.8. The smallest absolute Gasteiger partial charge is 0.225 e. The summed E-state index contributed by atoms with van der Waals surface area (Å²) in [4.78, 5) is 16.9. The van der Waals surface area contributed by atoms with E-state index >= 15 is 0 Å². The molecule has 1 aliphatic carbocycles. The molecule has 1 heterocycles. The quantitative estimate of drug-likeness (QED) is 0.456. The highest BCUT2D eigenvalue weighted by atomic mass is 35.5. The molecular formula is C24H30Cl2N2O3. The Hall–Kier alpha value is -1.98. The van der Waals surface area contributed by atoms with E-state index in [0.29, 0.717) is 22.4 Å². The molecule has 1 N–H and O–H groups in total. The number of ether oxygens (including phenoxy) is 2. The minimum atomic E-state index is -0.445. The van der Waals surface area contributed by atoms with Crippen LogP contribution in [0.15, 0.2) is 42.7 Å². The summed E-state index contributed by atoms with van der Waals surface area (Å²) in [6.07, 6.45) is 8.50. The Morgan fingerprint density at radius 1 is 1.13 bits per heavy atom. The van der Waals surface area contributed by atoms with Crippen molar-refractivity contribution in [2.45, 2.75) is 64.5 Å². The number of pyridine rings is 1. The molecule has 1 aromatic heterocycles. The van der Waals surface area contributed by atoms with Gasteiger partial charge in [-0.3, -0.25) is 9.78 Å². The van der Waals surface area contributed by atoms with Gasteiger partial charge in [-0.05, 0) is 68.9 Å². The Morgan fingerprint density at radius 3 is 2.52 bits per heavy atom. The van der Waals surface area contributed by atoms with Crippen LogP contribution in [0.2, 0.25) is 10.0 Å². The molecule has 1 aromatic carbocycles. The van der Waals surface area contributed by atoms with Gasteiger partial charge in [0.15, 0.2) is 5.75 Å². The van der Waals surface area contributed by atoms with Crippen molar-refractivity contribution >= 4 is 29.1 Å². The molecule has 168 valence electrons. The minimum Gasteiger partial charge on any atom is -0.494 e. The first-order chi connectivity index (χ1) is 14.8. The van der Waals surface area contributed by atoms with Gasteiger partial charge in [-0.2, -0.15) is 0 Å². The lowest BCUT2D eigenvalue weighted by Gasteiger charge is -2.32. The molecule has 0 bridgehead atoms. The summed E-state index contributed by atoms with van der Waals surface area (Å²) in [5.74, 6) is 1.51. The second-order valence-corrected chi connectivity index (χ2v) is 9.50. The summed E-state index contributed by atoms with van der Waals surface area (Å²) in [5, 5.41) is 4.49. The molecule has 2 aromatic rings. The number of nitrogens with zero attached hydrogens (tertiary/aromatic N) is 1. The van der Waals surface area contributed by atoms with Crippen molar-refractivity contribution in [2.24, 2.45) is 5.41 Å². The number of carbonyl (C=O) groups excluding carboxylic acids is 1. The standard InChI is InChI=1S/C24H30Cl2N2O3/c1-24(2,13-3-15-30-19-8-4-17(25)5-9-19)23(29)28-18-6-10-20(11-7-18)31-22-16-27-14-12-21(22)26/h4-5,8-9,12,14,16,18,20H,3,6-7,10-11,13,15H2,1-2H3,(H,28,29)/t18-,20-. The zero-order chi connectivity index (χ0) is 22.3. The topological polar surface area (TPSA) is 60.5 Å². The fourth-order valence-corrected chi connectivity index (χ4v) is 3.96. The Balaban J connectivity index is 1.37. The van der Waals surface area contributed by atoms with Gasteiger partial charge in [0.05, 0.1) is 23.9 Å². The molecule has 1 fully saturated rings. The highest BCUT2D eigenvalue weighted by molar-refractivity contribution is 6.32. The lowest BCUT2D eigenvalue weighted by molar-refractivity contribution is -0.130. The van der Waals surface area contributed by atoms with Gasteiger partial charge in [0.25, 0.3) is 0 Å². The third kappa shape index (κ3) is 7.29. The van der Waals surface area contributed by atoms with Crippen LogP contribution in [0.3, 0.4) is 0 Å². The van der Waals surface area contributed by atoms with Gasteiger partial charge in [0.1, 0.15) is 5.75 Å². The SMILES string of the molecule is CC(C)(CCCOc1ccc(Cl)cc1)C(=O)N[C@H]1CC[C@H](Oc2cnccc2Cl)CC1. The van der Waals surface area contributed by atoms with Gasteiger partial charge in [-0.25, -0.2) is 0 Å². The molecule has 1 saturated carbocycles. The maximum absolute atomic E-state index is 12.8. The van der Waals surface area contributed by atoms with Crippen molar-refractivity contribution in [3.63, 3.8) is 0 Å². The average molecular weight is 465 g/mol. The van der Waals surface area contributed by atoms with E-state index in [4.69, 9.17) is 32.7 Å². The molecule has 31 heavy (non-hydrogen) atoms. The zero-order valence-electron chi connectivity index (χ0n) is 18.1. The van der Waals surface area contributed by atoms with E-state index in [1.54, 1.807) is 30.6 Å². The maximum atomic E-state index is 12.8. The predicted molar refractivity (Wildman–Crippen MR) is 124 cm³/mol. The molecule has 0 aliphatic heterocycles. The number of aromatic nitrogens is 1. The Bertz CT molecular complexity index is 850. The molecule has 5 nitrogen and oxygen atoms in total. The van der Waals surface area contributed by atoms with Gasteiger partial charge in [0, 0.05) is 22.7 Å². The number of nitrogens with one attached hydrogen (secondary N) is 1. The van der Waals surface area contributed by atoms with E-state index in [1.807, 2.05) is 26.0 Å². The van der Waals surface area contributed by atoms with E-state index in [9.17, 15) is 4.79 Å². The van der Waals surface area contributed by atoms with Crippen LogP contribution in [0.25, 0.3) is 0 Å². The first-order valence-corrected chi connectivity index (χ1v) is 11.5. The zero-order valence-corrected chi connectivity index (χ0v) is 19.6. The second kappa shape index (κ2) is 11.1. The number of amides is 1. The summed E-state index contributed by atoms with van der Waals surface area (Å²) in [6, 6.07) is 9.22. The van der Waals surface area contributed by atoms with Crippen LogP contribution in [-0.4, -0.2) is 29.6 Å². The van der Waals surface area contributed by atoms with Crippen LogP contribution in [0.1, 0.15) is 52.4 Å². The van der Waals surface area contributed by atoms with E-state index in [-0.39, 0.29) is 18.1 Å². The van der Waals surface area contributed by atoms with Crippen molar-refractivity contribution in [3.8, 4) is 11.5 Å². The highest BCUT2D eigenvalue weighted by Gasteiger charge is 2.31. The van der Waals surface area contributed by atoms with Crippen LogP contribution in [0.4, 0.5) is 0 Å². The maximum Gasteiger partial charge on any atom is 0.225 e. The molecule has 1 amide bonds. The van der Waals surface area contributed by atoms with Crippen LogP contribution in [-0.2, 0) is 4.79 Å². The van der Waals surface area contributed by atoms with Crippen LogP contribution >= 0.6 is 23.2 Å². The van der Waals surface area contributed by atoms with Crippen molar-refractivity contribution in [1.82, 2.24) is 10.3 Å². The average Bonchev–Trinajstić information content (AvgIpc) is 2.75. The fraction of sp³-hybridized carbons (Fsp3) is 0.500. The van der Waals surface area contributed by atoms with E-state index in [0.717, 1.165) is 44.3 Å². The Labute approximate surface area is 194 Å². The Morgan fingerprint density at radius 2 is 1.84 bits per heavy atom. The van der Waals surface area contributed by atoms with Crippen molar-refractivity contribution < 1.29 is 14.3 Å². The van der Waals surface area contributed by atoms with Crippen molar-refractivity contribution in [3.05, 3.63) is 52.8 Å². The third-order valence-corrected chi connectivity index (χ3v) is 6.24. The minimum absolute atomic E-state index is 0.0960. The number of halogens is 2. The van der Waals surface area contributed by atoms with Crippen molar-refractivity contribution in [1.29, 1.82) is 0 Å². The van der Waals surface area contributed by atoms with Gasteiger partial charge in [-0.1, -0.05) is 37.0 Å². The first kappa shape index (κ1) is 23.7. The van der Waals surface area contributed by atoms with E-state index in [2.05, 4.69) is 10.3 Å².